The number of halogens is 1. The molecular formula is C8H8BrNO4. The van der Waals surface area contributed by atoms with Gasteiger partial charge in [0.1, 0.15) is 6.61 Å². The van der Waals surface area contributed by atoms with Gasteiger partial charge in [0.2, 0.25) is 0 Å². The number of hydrogen-bond donors (Lipinski definition) is 1. The molecule has 0 bridgehead atoms. The van der Waals surface area contributed by atoms with Crippen molar-refractivity contribution in [3.8, 4) is 5.75 Å². The van der Waals surface area contributed by atoms with Crippen molar-refractivity contribution in [3.05, 3.63) is 32.8 Å². The summed E-state index contributed by atoms with van der Waals surface area (Å²) in [4.78, 5) is 10.0. The van der Waals surface area contributed by atoms with Crippen LogP contribution >= 0.6 is 15.9 Å². The molecule has 0 aliphatic carbocycles. The summed E-state index contributed by atoms with van der Waals surface area (Å²) in [6.45, 7) is -0.129. The highest BCUT2D eigenvalue weighted by Crippen LogP contribution is 2.29. The summed E-state index contributed by atoms with van der Waals surface area (Å²) in [6.07, 6.45) is 0. The van der Waals surface area contributed by atoms with Gasteiger partial charge in [-0.2, -0.15) is 0 Å². The third-order valence-corrected chi connectivity index (χ3v) is 1.96. The van der Waals surface area contributed by atoms with Crippen molar-refractivity contribution in [2.45, 2.75) is 0 Å². The van der Waals surface area contributed by atoms with E-state index in [1.54, 1.807) is 6.07 Å². The lowest BCUT2D eigenvalue weighted by atomic mass is 10.3. The van der Waals surface area contributed by atoms with Gasteiger partial charge in [0.15, 0.2) is 5.75 Å². The first kappa shape index (κ1) is 10.9. The minimum atomic E-state index is -0.530. The van der Waals surface area contributed by atoms with Gasteiger partial charge in [0.05, 0.1) is 11.5 Å². The van der Waals surface area contributed by atoms with Crippen molar-refractivity contribution >= 4 is 21.6 Å². The fraction of sp³-hybridized carbons (Fsp3) is 0.250. The van der Waals surface area contributed by atoms with Crippen molar-refractivity contribution in [1.82, 2.24) is 0 Å². The summed E-state index contributed by atoms with van der Waals surface area (Å²) >= 11 is 3.12. The fourth-order valence-corrected chi connectivity index (χ4v) is 1.26. The predicted molar refractivity (Wildman–Crippen MR) is 53.4 cm³/mol. The van der Waals surface area contributed by atoms with Gasteiger partial charge in [-0.15, -0.1) is 0 Å². The molecule has 0 saturated carbocycles. The van der Waals surface area contributed by atoms with Crippen LogP contribution in [0, 0.1) is 10.1 Å². The summed E-state index contributed by atoms with van der Waals surface area (Å²) < 4.78 is 5.60. The molecule has 0 aromatic heterocycles. The van der Waals surface area contributed by atoms with Crippen LogP contribution in [0.2, 0.25) is 0 Å². The Labute approximate surface area is 88.6 Å². The van der Waals surface area contributed by atoms with Gasteiger partial charge in [-0.05, 0) is 12.1 Å². The van der Waals surface area contributed by atoms with Crippen molar-refractivity contribution in [2.24, 2.45) is 0 Å². The molecule has 5 nitrogen and oxygen atoms in total. The normalized spacial score (nSPS) is 9.86. The SMILES string of the molecule is O=[N+]([O-])c1cc(Br)ccc1OCCO. The molecular weight excluding hydrogens is 254 g/mol. The highest BCUT2D eigenvalue weighted by molar-refractivity contribution is 9.10. The molecule has 0 heterocycles. The molecule has 0 fully saturated rings. The summed E-state index contributed by atoms with van der Waals surface area (Å²) in [5, 5.41) is 19.1. The van der Waals surface area contributed by atoms with Crippen molar-refractivity contribution in [1.29, 1.82) is 0 Å². The maximum atomic E-state index is 10.6. The largest absolute Gasteiger partial charge is 0.484 e. The number of nitro groups is 1. The van der Waals surface area contributed by atoms with Gasteiger partial charge >= 0.3 is 5.69 Å². The van der Waals surface area contributed by atoms with Gasteiger partial charge in [-0.25, -0.2) is 0 Å². The number of aliphatic hydroxyl groups excluding tert-OH is 1. The van der Waals surface area contributed by atoms with E-state index < -0.39 is 4.92 Å². The second-order valence-corrected chi connectivity index (χ2v) is 3.36. The molecule has 0 radical (unpaired) electrons. The van der Waals surface area contributed by atoms with Crippen LogP contribution < -0.4 is 4.74 Å². The van der Waals surface area contributed by atoms with Gasteiger partial charge < -0.3 is 9.84 Å². The Balaban J connectivity index is 2.96. The second kappa shape index (κ2) is 4.92. The number of nitrogens with zero attached hydrogens (tertiary/aromatic N) is 1. The van der Waals surface area contributed by atoms with E-state index in [0.717, 1.165) is 0 Å². The third-order valence-electron chi connectivity index (χ3n) is 1.47. The Kier molecular flexibility index (Phi) is 3.84. The van der Waals surface area contributed by atoms with E-state index in [4.69, 9.17) is 9.84 Å². The Hall–Kier alpha value is -1.14. The zero-order valence-corrected chi connectivity index (χ0v) is 8.73. The number of rotatable bonds is 4. The summed E-state index contributed by atoms with van der Waals surface area (Å²) in [6, 6.07) is 4.48. The number of benzene rings is 1. The monoisotopic (exact) mass is 261 g/mol. The maximum Gasteiger partial charge on any atom is 0.312 e. The molecule has 0 unspecified atom stereocenters. The van der Waals surface area contributed by atoms with Crippen LogP contribution in [0.25, 0.3) is 0 Å². The lowest BCUT2D eigenvalue weighted by Gasteiger charge is -2.04. The predicted octanol–water partition coefficient (Wildman–Crippen LogP) is 1.73. The van der Waals surface area contributed by atoms with Crippen molar-refractivity contribution in [2.75, 3.05) is 13.2 Å². The molecule has 14 heavy (non-hydrogen) atoms. The molecule has 76 valence electrons. The highest BCUT2D eigenvalue weighted by Gasteiger charge is 2.14. The summed E-state index contributed by atoms with van der Waals surface area (Å²) in [5.41, 5.74) is -0.118. The van der Waals surface area contributed by atoms with E-state index in [0.29, 0.717) is 4.47 Å². The fourth-order valence-electron chi connectivity index (χ4n) is 0.911. The minimum Gasteiger partial charge on any atom is -0.484 e. The topological polar surface area (TPSA) is 72.6 Å². The number of hydrogen-bond acceptors (Lipinski definition) is 4. The van der Waals surface area contributed by atoms with Gasteiger partial charge in [0, 0.05) is 10.5 Å². The molecule has 0 saturated heterocycles. The van der Waals surface area contributed by atoms with Gasteiger partial charge in [-0.3, -0.25) is 10.1 Å². The highest BCUT2D eigenvalue weighted by atomic mass is 79.9. The lowest BCUT2D eigenvalue weighted by molar-refractivity contribution is -0.386. The zero-order valence-electron chi connectivity index (χ0n) is 7.14. The first-order valence-corrected chi connectivity index (χ1v) is 4.62. The van der Waals surface area contributed by atoms with E-state index >= 15 is 0 Å². The van der Waals surface area contributed by atoms with Gasteiger partial charge in [-0.1, -0.05) is 15.9 Å². The smallest absolute Gasteiger partial charge is 0.312 e. The Bertz CT molecular complexity index is 342. The number of aliphatic hydroxyl groups is 1. The summed E-state index contributed by atoms with van der Waals surface area (Å²) in [5.74, 6) is 0.159. The molecule has 1 aromatic rings. The van der Waals surface area contributed by atoms with Crippen molar-refractivity contribution in [3.63, 3.8) is 0 Å². The average Bonchev–Trinajstić information content (AvgIpc) is 2.15. The first-order chi connectivity index (χ1) is 6.65. The van der Waals surface area contributed by atoms with E-state index in [9.17, 15) is 10.1 Å². The molecule has 1 N–H and O–H groups in total. The maximum absolute atomic E-state index is 10.6. The third kappa shape index (κ3) is 2.68. The van der Waals surface area contributed by atoms with E-state index in [2.05, 4.69) is 15.9 Å². The average molecular weight is 262 g/mol. The van der Waals surface area contributed by atoms with E-state index in [1.165, 1.54) is 12.1 Å². The van der Waals surface area contributed by atoms with Crippen LogP contribution in [0.3, 0.4) is 0 Å². The van der Waals surface area contributed by atoms with Crippen LogP contribution in [0.4, 0.5) is 5.69 Å². The lowest BCUT2D eigenvalue weighted by Crippen LogP contribution is -2.03. The summed E-state index contributed by atoms with van der Waals surface area (Å²) in [7, 11) is 0. The number of nitro benzene ring substituents is 1. The second-order valence-electron chi connectivity index (χ2n) is 2.44. The van der Waals surface area contributed by atoms with Crippen LogP contribution in [-0.2, 0) is 0 Å². The van der Waals surface area contributed by atoms with E-state index in [-0.39, 0.29) is 24.7 Å². The molecule has 1 aromatic carbocycles. The van der Waals surface area contributed by atoms with E-state index in [1.807, 2.05) is 0 Å². The molecule has 0 atom stereocenters. The van der Waals surface area contributed by atoms with Crippen LogP contribution in [0.15, 0.2) is 22.7 Å². The Morgan fingerprint density at radius 2 is 2.29 bits per heavy atom. The first-order valence-electron chi connectivity index (χ1n) is 3.82. The van der Waals surface area contributed by atoms with Crippen LogP contribution in [-0.4, -0.2) is 23.2 Å². The minimum absolute atomic E-state index is 0.0441. The molecule has 6 heteroatoms. The quantitative estimate of drug-likeness (QED) is 0.662. The molecule has 0 aliphatic heterocycles. The molecule has 0 amide bonds. The standard InChI is InChI=1S/C8H8BrNO4/c9-6-1-2-8(14-4-3-11)7(5-6)10(12)13/h1-2,5,11H,3-4H2. The molecule has 0 spiro atoms. The van der Waals surface area contributed by atoms with Crippen LogP contribution in [0.5, 0.6) is 5.75 Å². The van der Waals surface area contributed by atoms with Crippen molar-refractivity contribution < 1.29 is 14.8 Å². The number of ether oxygens (including phenoxy) is 1. The zero-order chi connectivity index (χ0) is 10.6. The molecule has 1 rings (SSSR count). The Morgan fingerprint density at radius 3 is 2.86 bits per heavy atom. The van der Waals surface area contributed by atoms with Gasteiger partial charge in [0.25, 0.3) is 0 Å². The Morgan fingerprint density at radius 1 is 1.57 bits per heavy atom. The molecule has 0 aliphatic rings. The van der Waals surface area contributed by atoms with Crippen LogP contribution in [0.1, 0.15) is 0 Å².